The van der Waals surface area contributed by atoms with Gasteiger partial charge in [0, 0.05) is 0 Å². The first-order valence-corrected chi connectivity index (χ1v) is 10.2. The third-order valence-corrected chi connectivity index (χ3v) is 7.22. The molecule has 0 heterocycles. The molecule has 0 N–H and O–H groups in total. The molecule has 0 bridgehead atoms. The van der Waals surface area contributed by atoms with Crippen LogP contribution in [0.15, 0.2) is 17.0 Å². The highest BCUT2D eigenvalue weighted by Gasteiger charge is 2.25. The van der Waals surface area contributed by atoms with Gasteiger partial charge in [-0.25, -0.2) is 4.21 Å². The molecule has 25 heavy (non-hydrogen) atoms. The highest BCUT2D eigenvalue weighted by atomic mass is 32.2. The first-order valence-electron chi connectivity index (χ1n) is 9.11. The van der Waals surface area contributed by atoms with E-state index in [0.29, 0.717) is 0 Å². The zero-order chi connectivity index (χ0) is 18.3. The zero-order valence-corrected chi connectivity index (χ0v) is 17.0. The Morgan fingerprint density at radius 3 is 2.08 bits per heavy atom. The fourth-order valence-corrected chi connectivity index (χ4v) is 5.10. The van der Waals surface area contributed by atoms with Gasteiger partial charge in [-0.3, -0.25) is 0 Å². The molecule has 3 rings (SSSR count). The third-order valence-electron chi connectivity index (χ3n) is 6.00. The first kappa shape index (κ1) is 18.2. The maximum absolute atomic E-state index is 13.2. The van der Waals surface area contributed by atoms with Crippen LogP contribution in [0.25, 0.3) is 0 Å². The number of benzene rings is 2. The van der Waals surface area contributed by atoms with Crippen molar-refractivity contribution in [1.29, 1.82) is 0 Å². The molecule has 1 aliphatic rings. The fraction of sp³-hybridized carbons (Fsp3) is 0.455. The molecule has 0 saturated heterocycles. The van der Waals surface area contributed by atoms with E-state index >= 15 is 0 Å². The van der Waals surface area contributed by atoms with E-state index in [1.807, 2.05) is 19.1 Å². The van der Waals surface area contributed by atoms with Crippen molar-refractivity contribution in [3.63, 3.8) is 0 Å². The summed E-state index contributed by atoms with van der Waals surface area (Å²) in [6, 6.07) is 3.98. The highest BCUT2D eigenvalue weighted by molar-refractivity contribution is 7.80. The van der Waals surface area contributed by atoms with Gasteiger partial charge >= 0.3 is 0 Å². The molecule has 0 amide bonds. The quantitative estimate of drug-likeness (QED) is 0.724. The Labute approximate surface area is 154 Å². The topological polar surface area (TPSA) is 26.3 Å². The molecule has 134 valence electrons. The molecular weight excluding hydrogens is 328 g/mol. The average Bonchev–Trinajstić information content (AvgIpc) is 2.60. The minimum absolute atomic E-state index is 0.726. The molecule has 3 heteroatoms. The molecule has 0 saturated carbocycles. The van der Waals surface area contributed by atoms with E-state index in [0.717, 1.165) is 34.6 Å². The van der Waals surface area contributed by atoms with E-state index < -0.39 is 11.1 Å². The van der Waals surface area contributed by atoms with Gasteiger partial charge in [0.25, 0.3) is 0 Å². The SMILES string of the molecule is Cc1ccc(OS(=O)c2c(C)c(C)c(C)c3c2CCCC3)c(C)c1C. The van der Waals surface area contributed by atoms with Crippen LogP contribution in [0.2, 0.25) is 0 Å². The van der Waals surface area contributed by atoms with Crippen LogP contribution in [0.3, 0.4) is 0 Å². The molecule has 1 unspecified atom stereocenters. The van der Waals surface area contributed by atoms with Gasteiger partial charge in [-0.05, 0) is 118 Å². The summed E-state index contributed by atoms with van der Waals surface area (Å²) in [4.78, 5) is 0.912. The van der Waals surface area contributed by atoms with Crippen molar-refractivity contribution < 1.29 is 8.39 Å². The van der Waals surface area contributed by atoms with Gasteiger partial charge in [-0.2, -0.15) is 0 Å². The van der Waals surface area contributed by atoms with Crippen LogP contribution < -0.4 is 4.18 Å². The van der Waals surface area contributed by atoms with E-state index in [4.69, 9.17) is 4.18 Å². The number of hydrogen-bond donors (Lipinski definition) is 0. The molecule has 0 aliphatic heterocycles. The lowest BCUT2D eigenvalue weighted by Gasteiger charge is -2.25. The van der Waals surface area contributed by atoms with Crippen LogP contribution in [0.5, 0.6) is 5.75 Å². The van der Waals surface area contributed by atoms with Gasteiger partial charge in [0.1, 0.15) is 5.75 Å². The normalized spacial score (nSPS) is 15.0. The van der Waals surface area contributed by atoms with E-state index in [1.54, 1.807) is 0 Å². The van der Waals surface area contributed by atoms with Crippen molar-refractivity contribution in [2.24, 2.45) is 0 Å². The second kappa shape index (κ2) is 6.95. The second-order valence-electron chi connectivity index (χ2n) is 7.32. The van der Waals surface area contributed by atoms with E-state index in [1.165, 1.54) is 46.2 Å². The summed E-state index contributed by atoms with van der Waals surface area (Å²) in [5, 5.41) is 0. The fourth-order valence-electron chi connectivity index (χ4n) is 3.84. The van der Waals surface area contributed by atoms with Crippen molar-refractivity contribution >= 4 is 11.1 Å². The first-order chi connectivity index (χ1) is 11.8. The zero-order valence-electron chi connectivity index (χ0n) is 16.2. The Balaban J connectivity index is 2.06. The number of fused-ring (bicyclic) bond motifs is 1. The Morgan fingerprint density at radius 2 is 1.40 bits per heavy atom. The average molecular weight is 357 g/mol. The number of hydrogen-bond acceptors (Lipinski definition) is 2. The summed E-state index contributed by atoms with van der Waals surface area (Å²) in [6.07, 6.45) is 4.49. The second-order valence-corrected chi connectivity index (χ2v) is 8.36. The molecule has 0 spiro atoms. The molecule has 2 aromatic rings. The third kappa shape index (κ3) is 3.15. The maximum atomic E-state index is 13.2. The largest absolute Gasteiger partial charge is 0.397 e. The summed E-state index contributed by atoms with van der Waals surface area (Å²) in [5.74, 6) is 0.726. The number of rotatable bonds is 3. The lowest BCUT2D eigenvalue weighted by molar-refractivity contribution is 0.554. The van der Waals surface area contributed by atoms with Gasteiger partial charge in [0.2, 0.25) is 11.1 Å². The molecule has 2 nitrogen and oxygen atoms in total. The van der Waals surface area contributed by atoms with Crippen molar-refractivity contribution in [2.75, 3.05) is 0 Å². The van der Waals surface area contributed by atoms with Crippen LogP contribution in [-0.4, -0.2) is 4.21 Å². The predicted octanol–water partition coefficient (Wildman–Crippen LogP) is 5.52. The van der Waals surface area contributed by atoms with E-state index in [9.17, 15) is 4.21 Å². The number of aryl methyl sites for hydroxylation is 1. The van der Waals surface area contributed by atoms with Gasteiger partial charge in [0.15, 0.2) is 0 Å². The molecule has 0 fully saturated rings. The lowest BCUT2D eigenvalue weighted by atomic mass is 9.84. The molecule has 0 aromatic heterocycles. The van der Waals surface area contributed by atoms with Gasteiger partial charge in [0.05, 0.1) is 4.90 Å². The Bertz CT molecular complexity index is 865. The maximum Gasteiger partial charge on any atom is 0.241 e. The van der Waals surface area contributed by atoms with Crippen LogP contribution in [-0.2, 0) is 23.9 Å². The van der Waals surface area contributed by atoms with Gasteiger partial charge < -0.3 is 4.18 Å². The molecule has 2 aromatic carbocycles. The summed E-state index contributed by atoms with van der Waals surface area (Å²) in [5.41, 5.74) is 9.93. The van der Waals surface area contributed by atoms with Crippen LogP contribution in [0.4, 0.5) is 0 Å². The molecule has 0 radical (unpaired) electrons. The van der Waals surface area contributed by atoms with Crippen LogP contribution in [0.1, 0.15) is 57.3 Å². The summed E-state index contributed by atoms with van der Waals surface area (Å²) < 4.78 is 19.2. The van der Waals surface area contributed by atoms with Gasteiger partial charge in [-0.15, -0.1) is 0 Å². The van der Waals surface area contributed by atoms with Gasteiger partial charge in [-0.1, -0.05) is 6.07 Å². The standard InChI is InChI=1S/C22H28O2S/c1-13-11-12-21(17(5)14(13)2)24-25(23)22-18(6)15(3)16(4)19-9-7-8-10-20(19)22/h11-12H,7-10H2,1-6H3. The van der Waals surface area contributed by atoms with Crippen LogP contribution >= 0.6 is 0 Å². The summed E-state index contributed by atoms with van der Waals surface area (Å²) >= 11 is -1.48. The predicted molar refractivity (Wildman–Crippen MR) is 105 cm³/mol. The summed E-state index contributed by atoms with van der Waals surface area (Å²) in [6.45, 7) is 12.6. The smallest absolute Gasteiger partial charge is 0.241 e. The van der Waals surface area contributed by atoms with E-state index in [2.05, 4.69) is 34.6 Å². The minimum Gasteiger partial charge on any atom is -0.397 e. The van der Waals surface area contributed by atoms with Crippen molar-refractivity contribution in [2.45, 2.75) is 72.1 Å². The Hall–Kier alpha value is -1.61. The van der Waals surface area contributed by atoms with Crippen molar-refractivity contribution in [1.82, 2.24) is 0 Å². The van der Waals surface area contributed by atoms with E-state index in [-0.39, 0.29) is 0 Å². The van der Waals surface area contributed by atoms with Crippen molar-refractivity contribution in [3.05, 3.63) is 56.6 Å². The Kier molecular flexibility index (Phi) is 5.06. The highest BCUT2D eigenvalue weighted by Crippen LogP contribution is 2.35. The molecule has 1 atom stereocenters. The molecular formula is C22H28O2S. The minimum atomic E-state index is -1.48. The monoisotopic (exact) mass is 356 g/mol. The Morgan fingerprint density at radius 1 is 0.760 bits per heavy atom. The van der Waals surface area contributed by atoms with Crippen molar-refractivity contribution in [3.8, 4) is 5.75 Å². The molecule has 1 aliphatic carbocycles. The lowest BCUT2D eigenvalue weighted by Crippen LogP contribution is -2.15. The van der Waals surface area contributed by atoms with Crippen LogP contribution in [0, 0.1) is 41.5 Å². The summed E-state index contributed by atoms with van der Waals surface area (Å²) in [7, 11) is 0.